The molecule has 0 spiro atoms. The average Bonchev–Trinajstić information content (AvgIpc) is 2.10. The molecule has 0 amide bonds. The van der Waals surface area contributed by atoms with Crippen molar-refractivity contribution in [3.63, 3.8) is 0 Å². The Morgan fingerprint density at radius 3 is 2.42 bits per heavy atom. The number of rotatable bonds is 3. The van der Waals surface area contributed by atoms with Crippen LogP contribution in [0, 0.1) is 3.57 Å². The molecule has 0 radical (unpaired) electrons. The molecule has 0 saturated heterocycles. The molecule has 2 nitrogen and oxygen atoms in total. The van der Waals surface area contributed by atoms with E-state index in [1.165, 1.54) is 3.57 Å². The van der Waals surface area contributed by atoms with Gasteiger partial charge in [-0.25, -0.2) is 0 Å². The molecule has 2 N–H and O–H groups in total. The van der Waals surface area contributed by atoms with Crippen LogP contribution < -0.4 is 5.48 Å². The summed E-state index contributed by atoms with van der Waals surface area (Å²) in [6, 6.07) is 7.71. The number of benzene rings is 1. The number of nitrogens with one attached hydrogen (secondary N) is 1. The Morgan fingerprint density at radius 1 is 1.42 bits per heavy atom. The van der Waals surface area contributed by atoms with Crippen molar-refractivity contribution in [2.75, 3.05) is 0 Å². The van der Waals surface area contributed by atoms with Gasteiger partial charge < -0.3 is 5.21 Å². The van der Waals surface area contributed by atoms with Crippen LogP contribution in [0.15, 0.2) is 36.9 Å². The second-order valence-corrected chi connectivity index (χ2v) is 3.64. The van der Waals surface area contributed by atoms with E-state index in [1.54, 1.807) is 6.08 Å². The zero-order valence-corrected chi connectivity index (χ0v) is 8.65. The minimum absolute atomic E-state index is 0.179. The summed E-state index contributed by atoms with van der Waals surface area (Å²) in [4.78, 5) is 0. The van der Waals surface area contributed by atoms with Gasteiger partial charge in [-0.15, -0.1) is 6.58 Å². The molecule has 0 aliphatic carbocycles. The molecule has 12 heavy (non-hydrogen) atoms. The third kappa shape index (κ3) is 2.30. The van der Waals surface area contributed by atoms with E-state index in [0.29, 0.717) is 0 Å². The summed E-state index contributed by atoms with van der Waals surface area (Å²) in [6.45, 7) is 3.61. The number of hydrogen-bond donors (Lipinski definition) is 2. The molecule has 0 unspecified atom stereocenters. The second-order valence-electron chi connectivity index (χ2n) is 2.39. The third-order valence-corrected chi connectivity index (χ3v) is 2.32. The Kier molecular flexibility index (Phi) is 3.71. The van der Waals surface area contributed by atoms with Crippen LogP contribution in [-0.4, -0.2) is 5.21 Å². The quantitative estimate of drug-likeness (QED) is 0.504. The van der Waals surface area contributed by atoms with Crippen molar-refractivity contribution in [3.05, 3.63) is 46.1 Å². The van der Waals surface area contributed by atoms with E-state index >= 15 is 0 Å². The summed E-state index contributed by atoms with van der Waals surface area (Å²) in [7, 11) is 0. The Morgan fingerprint density at radius 2 is 2.00 bits per heavy atom. The van der Waals surface area contributed by atoms with Crippen LogP contribution >= 0.6 is 22.6 Å². The first kappa shape index (κ1) is 9.70. The Labute approximate surface area is 85.4 Å². The fourth-order valence-electron chi connectivity index (χ4n) is 0.933. The maximum atomic E-state index is 8.73. The molecule has 3 heteroatoms. The standard InChI is InChI=1S/C9H10INO/c1-2-9(11-12)7-3-5-8(10)6-4-7/h2-6,9,11-12H,1H2/t9-/m0/s1. The highest BCUT2D eigenvalue weighted by Crippen LogP contribution is 2.14. The van der Waals surface area contributed by atoms with E-state index in [2.05, 4.69) is 34.6 Å². The van der Waals surface area contributed by atoms with Crippen molar-refractivity contribution in [2.45, 2.75) is 6.04 Å². The summed E-state index contributed by atoms with van der Waals surface area (Å²) >= 11 is 2.24. The van der Waals surface area contributed by atoms with Gasteiger partial charge in [-0.05, 0) is 40.3 Å². The van der Waals surface area contributed by atoms with Crippen LogP contribution in [0.3, 0.4) is 0 Å². The molecule has 0 bridgehead atoms. The minimum Gasteiger partial charge on any atom is -0.316 e. The SMILES string of the molecule is C=C[C@H](NO)c1ccc(I)cc1. The van der Waals surface area contributed by atoms with E-state index in [4.69, 9.17) is 5.21 Å². The lowest BCUT2D eigenvalue weighted by Crippen LogP contribution is -2.13. The van der Waals surface area contributed by atoms with Gasteiger partial charge in [0.2, 0.25) is 0 Å². The molecule has 1 aromatic carbocycles. The summed E-state index contributed by atoms with van der Waals surface area (Å²) in [5.41, 5.74) is 3.17. The Hall–Kier alpha value is -0.390. The second kappa shape index (κ2) is 4.59. The van der Waals surface area contributed by atoms with Crippen LogP contribution in [0.5, 0.6) is 0 Å². The van der Waals surface area contributed by atoms with Crippen LogP contribution in [0.1, 0.15) is 11.6 Å². The lowest BCUT2D eigenvalue weighted by Gasteiger charge is -2.09. The molecular formula is C9H10INO. The van der Waals surface area contributed by atoms with E-state index in [0.717, 1.165) is 5.56 Å². The van der Waals surface area contributed by atoms with Gasteiger partial charge in [0, 0.05) is 3.57 Å². The maximum absolute atomic E-state index is 8.73. The highest BCUT2D eigenvalue weighted by Gasteiger charge is 2.03. The molecule has 0 saturated carbocycles. The first-order valence-electron chi connectivity index (χ1n) is 3.55. The van der Waals surface area contributed by atoms with Gasteiger partial charge in [0.05, 0.1) is 6.04 Å². The van der Waals surface area contributed by atoms with Crippen molar-refractivity contribution in [3.8, 4) is 0 Å². The zero-order valence-electron chi connectivity index (χ0n) is 6.50. The summed E-state index contributed by atoms with van der Waals surface area (Å²) in [5.74, 6) is 0. The molecule has 1 atom stereocenters. The van der Waals surface area contributed by atoms with Crippen molar-refractivity contribution < 1.29 is 5.21 Å². The fourth-order valence-corrected chi connectivity index (χ4v) is 1.29. The topological polar surface area (TPSA) is 32.3 Å². The fraction of sp³-hybridized carbons (Fsp3) is 0.111. The van der Waals surface area contributed by atoms with Gasteiger partial charge in [-0.2, -0.15) is 5.48 Å². The molecule has 64 valence electrons. The molecule has 0 aliphatic rings. The molecule has 0 fully saturated rings. The first-order chi connectivity index (χ1) is 5.77. The van der Waals surface area contributed by atoms with Crippen LogP contribution in [0.2, 0.25) is 0 Å². The van der Waals surface area contributed by atoms with Crippen molar-refractivity contribution in [2.24, 2.45) is 0 Å². The minimum atomic E-state index is -0.179. The molecule has 1 aromatic rings. The predicted octanol–water partition coefficient (Wildman–Crippen LogP) is 2.50. The highest BCUT2D eigenvalue weighted by molar-refractivity contribution is 14.1. The van der Waals surface area contributed by atoms with Gasteiger partial charge in [-0.1, -0.05) is 18.2 Å². The zero-order chi connectivity index (χ0) is 8.97. The summed E-state index contributed by atoms with van der Waals surface area (Å²) in [5, 5.41) is 8.73. The largest absolute Gasteiger partial charge is 0.316 e. The van der Waals surface area contributed by atoms with E-state index < -0.39 is 0 Å². The molecule has 0 aliphatic heterocycles. The normalized spacial score (nSPS) is 12.5. The van der Waals surface area contributed by atoms with E-state index in [-0.39, 0.29) is 6.04 Å². The Balaban J connectivity index is 2.87. The van der Waals surface area contributed by atoms with Gasteiger partial charge in [-0.3, -0.25) is 0 Å². The van der Waals surface area contributed by atoms with Crippen LogP contribution in [0.25, 0.3) is 0 Å². The Bertz CT molecular complexity index is 258. The number of halogens is 1. The summed E-state index contributed by atoms with van der Waals surface area (Å²) < 4.78 is 1.18. The number of hydrogen-bond acceptors (Lipinski definition) is 2. The molecule has 0 aromatic heterocycles. The molecular weight excluding hydrogens is 265 g/mol. The molecule has 1 rings (SSSR count). The lowest BCUT2D eigenvalue weighted by atomic mass is 10.1. The maximum Gasteiger partial charge on any atom is 0.0747 e. The first-order valence-corrected chi connectivity index (χ1v) is 4.63. The van der Waals surface area contributed by atoms with Gasteiger partial charge in [0.25, 0.3) is 0 Å². The van der Waals surface area contributed by atoms with Crippen molar-refractivity contribution in [1.82, 2.24) is 5.48 Å². The van der Waals surface area contributed by atoms with Crippen molar-refractivity contribution >= 4 is 22.6 Å². The summed E-state index contributed by atoms with van der Waals surface area (Å²) in [6.07, 6.45) is 1.65. The number of hydroxylamine groups is 1. The van der Waals surface area contributed by atoms with E-state index in [1.807, 2.05) is 24.3 Å². The smallest absolute Gasteiger partial charge is 0.0747 e. The molecule has 0 heterocycles. The third-order valence-electron chi connectivity index (χ3n) is 1.60. The highest BCUT2D eigenvalue weighted by atomic mass is 127. The van der Waals surface area contributed by atoms with Crippen LogP contribution in [0.4, 0.5) is 0 Å². The average molecular weight is 275 g/mol. The van der Waals surface area contributed by atoms with Gasteiger partial charge in [0.15, 0.2) is 0 Å². The van der Waals surface area contributed by atoms with Gasteiger partial charge >= 0.3 is 0 Å². The van der Waals surface area contributed by atoms with Crippen molar-refractivity contribution in [1.29, 1.82) is 0 Å². The van der Waals surface area contributed by atoms with Crippen LogP contribution in [-0.2, 0) is 0 Å². The lowest BCUT2D eigenvalue weighted by molar-refractivity contribution is 0.144. The van der Waals surface area contributed by atoms with E-state index in [9.17, 15) is 0 Å². The van der Waals surface area contributed by atoms with Gasteiger partial charge in [0.1, 0.15) is 0 Å². The predicted molar refractivity (Wildman–Crippen MR) is 57.0 cm³/mol. The monoisotopic (exact) mass is 275 g/mol.